The molecule has 2 nitrogen and oxygen atoms in total. The summed E-state index contributed by atoms with van der Waals surface area (Å²) in [6.45, 7) is 6.18. The van der Waals surface area contributed by atoms with Crippen molar-refractivity contribution in [2.24, 2.45) is 5.92 Å². The van der Waals surface area contributed by atoms with E-state index in [-0.39, 0.29) is 5.82 Å². The third-order valence-electron chi connectivity index (χ3n) is 2.00. The molecule has 3 heteroatoms. The maximum atomic E-state index is 13.0. The molecule has 1 N–H and O–H groups in total. The van der Waals surface area contributed by atoms with Crippen molar-refractivity contribution >= 4 is 0 Å². The zero-order chi connectivity index (χ0) is 11.4. The first-order valence-electron chi connectivity index (χ1n) is 5.11. The fourth-order valence-electron chi connectivity index (χ4n) is 1.23. The minimum absolute atomic E-state index is 0.349. The molecule has 0 aromatic heterocycles. The van der Waals surface area contributed by atoms with Crippen LogP contribution in [0.4, 0.5) is 4.39 Å². The highest BCUT2D eigenvalue weighted by Gasteiger charge is 2.10. The van der Waals surface area contributed by atoms with Gasteiger partial charge in [-0.25, -0.2) is 4.39 Å². The molecule has 0 aliphatic heterocycles. The largest absolute Gasteiger partial charge is 0.493 e. The Hall–Kier alpha value is -1.09. The number of rotatable bonds is 4. The van der Waals surface area contributed by atoms with Crippen LogP contribution < -0.4 is 4.74 Å². The van der Waals surface area contributed by atoms with Crippen molar-refractivity contribution in [1.29, 1.82) is 0 Å². The third kappa shape index (κ3) is 3.51. The molecule has 1 aromatic rings. The van der Waals surface area contributed by atoms with E-state index in [1.807, 2.05) is 13.8 Å². The van der Waals surface area contributed by atoms with Crippen molar-refractivity contribution in [3.05, 3.63) is 29.6 Å². The summed E-state index contributed by atoms with van der Waals surface area (Å²) in [6.07, 6.45) is -0.646. The first-order chi connectivity index (χ1) is 7.00. The van der Waals surface area contributed by atoms with Crippen molar-refractivity contribution in [1.82, 2.24) is 0 Å². The number of aliphatic hydroxyl groups is 1. The van der Waals surface area contributed by atoms with E-state index < -0.39 is 6.10 Å². The molecule has 0 bridgehead atoms. The predicted octanol–water partition coefficient (Wildman–Crippen LogP) is 2.91. The molecular weight excluding hydrogens is 195 g/mol. The molecule has 0 saturated carbocycles. The quantitative estimate of drug-likeness (QED) is 0.831. The monoisotopic (exact) mass is 212 g/mol. The van der Waals surface area contributed by atoms with E-state index in [0.29, 0.717) is 23.8 Å². The topological polar surface area (TPSA) is 29.5 Å². The molecule has 0 aliphatic carbocycles. The van der Waals surface area contributed by atoms with Crippen LogP contribution in [0.25, 0.3) is 0 Å². The fraction of sp³-hybridized carbons (Fsp3) is 0.500. The zero-order valence-electron chi connectivity index (χ0n) is 9.33. The molecule has 1 rings (SSSR count). The van der Waals surface area contributed by atoms with Gasteiger partial charge in [0.1, 0.15) is 11.6 Å². The minimum atomic E-state index is -0.646. The Morgan fingerprint density at radius 2 is 2.00 bits per heavy atom. The summed E-state index contributed by atoms with van der Waals surface area (Å²) in [7, 11) is 0. The van der Waals surface area contributed by atoms with Crippen LogP contribution in [0.15, 0.2) is 18.2 Å². The van der Waals surface area contributed by atoms with Crippen LogP contribution in [-0.4, -0.2) is 11.7 Å². The van der Waals surface area contributed by atoms with Gasteiger partial charge < -0.3 is 9.84 Å². The van der Waals surface area contributed by atoms with Gasteiger partial charge in [-0.3, -0.25) is 0 Å². The van der Waals surface area contributed by atoms with E-state index in [1.165, 1.54) is 12.1 Å². The first-order valence-corrected chi connectivity index (χ1v) is 5.11. The summed E-state index contributed by atoms with van der Waals surface area (Å²) < 4.78 is 18.4. The van der Waals surface area contributed by atoms with Gasteiger partial charge in [0.15, 0.2) is 0 Å². The van der Waals surface area contributed by atoms with Gasteiger partial charge in [-0.05, 0) is 25.0 Å². The van der Waals surface area contributed by atoms with Crippen molar-refractivity contribution in [2.45, 2.75) is 26.9 Å². The summed E-state index contributed by atoms with van der Waals surface area (Å²) >= 11 is 0. The van der Waals surface area contributed by atoms with Gasteiger partial charge in [0.05, 0.1) is 12.7 Å². The van der Waals surface area contributed by atoms with Gasteiger partial charge in [-0.2, -0.15) is 0 Å². The lowest BCUT2D eigenvalue weighted by Gasteiger charge is -2.14. The third-order valence-corrected chi connectivity index (χ3v) is 2.00. The number of hydrogen-bond acceptors (Lipinski definition) is 2. The van der Waals surface area contributed by atoms with Crippen molar-refractivity contribution in [2.75, 3.05) is 6.61 Å². The molecule has 0 amide bonds. The molecule has 1 aromatic carbocycles. The average Bonchev–Trinajstić information content (AvgIpc) is 2.14. The summed E-state index contributed by atoms with van der Waals surface area (Å²) in [5.74, 6) is 0.451. The Balaban J connectivity index is 2.87. The van der Waals surface area contributed by atoms with Crippen LogP contribution in [0.5, 0.6) is 5.75 Å². The number of aliphatic hydroxyl groups excluding tert-OH is 1. The van der Waals surface area contributed by atoms with Crippen LogP contribution in [0, 0.1) is 11.7 Å². The van der Waals surface area contributed by atoms with Crippen LogP contribution >= 0.6 is 0 Å². The highest BCUT2D eigenvalue weighted by molar-refractivity contribution is 5.35. The lowest BCUT2D eigenvalue weighted by atomic mass is 10.1. The maximum absolute atomic E-state index is 13.0. The van der Waals surface area contributed by atoms with E-state index >= 15 is 0 Å². The molecule has 0 radical (unpaired) electrons. The number of benzene rings is 1. The lowest BCUT2D eigenvalue weighted by molar-refractivity contribution is 0.187. The number of halogens is 1. The maximum Gasteiger partial charge on any atom is 0.128 e. The summed E-state index contributed by atoms with van der Waals surface area (Å²) in [6, 6.07) is 4.18. The van der Waals surface area contributed by atoms with Crippen molar-refractivity contribution in [3.63, 3.8) is 0 Å². The van der Waals surface area contributed by atoms with Gasteiger partial charge in [-0.15, -0.1) is 0 Å². The molecule has 0 aliphatic rings. The van der Waals surface area contributed by atoms with Crippen LogP contribution in [0.3, 0.4) is 0 Å². The highest BCUT2D eigenvalue weighted by atomic mass is 19.1. The molecule has 84 valence electrons. The van der Waals surface area contributed by atoms with Gasteiger partial charge in [0.2, 0.25) is 0 Å². The molecule has 15 heavy (non-hydrogen) atoms. The lowest BCUT2D eigenvalue weighted by Crippen LogP contribution is -2.07. The Labute approximate surface area is 89.7 Å². The first kappa shape index (κ1) is 12.0. The van der Waals surface area contributed by atoms with Gasteiger partial charge in [0, 0.05) is 11.6 Å². The number of ether oxygens (including phenoxy) is 1. The molecule has 0 heterocycles. The van der Waals surface area contributed by atoms with Gasteiger partial charge in [0.25, 0.3) is 0 Å². The van der Waals surface area contributed by atoms with Crippen LogP contribution in [-0.2, 0) is 0 Å². The Morgan fingerprint density at radius 1 is 1.33 bits per heavy atom. The number of hydrogen-bond donors (Lipinski definition) is 1. The van der Waals surface area contributed by atoms with Crippen LogP contribution in [0.2, 0.25) is 0 Å². The Kier molecular flexibility index (Phi) is 4.09. The summed E-state index contributed by atoms with van der Waals surface area (Å²) in [4.78, 5) is 0. The second-order valence-corrected chi connectivity index (χ2v) is 4.06. The average molecular weight is 212 g/mol. The van der Waals surface area contributed by atoms with E-state index in [0.717, 1.165) is 0 Å². The molecule has 0 saturated heterocycles. The zero-order valence-corrected chi connectivity index (χ0v) is 9.33. The predicted molar refractivity (Wildman–Crippen MR) is 57.4 cm³/mol. The van der Waals surface area contributed by atoms with E-state index in [9.17, 15) is 9.50 Å². The van der Waals surface area contributed by atoms with Gasteiger partial charge in [-0.1, -0.05) is 13.8 Å². The van der Waals surface area contributed by atoms with Gasteiger partial charge >= 0.3 is 0 Å². The Bertz CT molecular complexity index is 321. The smallest absolute Gasteiger partial charge is 0.128 e. The second-order valence-electron chi connectivity index (χ2n) is 4.06. The van der Waals surface area contributed by atoms with Crippen LogP contribution in [0.1, 0.15) is 32.4 Å². The summed E-state index contributed by atoms with van der Waals surface area (Å²) in [5.41, 5.74) is 0.622. The molecule has 0 spiro atoms. The normalized spacial score (nSPS) is 12.9. The van der Waals surface area contributed by atoms with E-state index in [2.05, 4.69) is 0 Å². The molecule has 0 unspecified atom stereocenters. The van der Waals surface area contributed by atoms with Crippen molar-refractivity contribution < 1.29 is 14.2 Å². The SMILES string of the molecule is CC(C)COc1cc(F)ccc1[C@@H](C)O. The van der Waals surface area contributed by atoms with Crippen molar-refractivity contribution in [3.8, 4) is 5.75 Å². The highest BCUT2D eigenvalue weighted by Crippen LogP contribution is 2.26. The van der Waals surface area contributed by atoms with E-state index in [1.54, 1.807) is 13.0 Å². The fourth-order valence-corrected chi connectivity index (χ4v) is 1.23. The molecular formula is C12H17FO2. The second kappa shape index (κ2) is 5.12. The van der Waals surface area contributed by atoms with E-state index in [4.69, 9.17) is 4.74 Å². The molecule has 1 atom stereocenters. The molecule has 0 fully saturated rings. The standard InChI is InChI=1S/C12H17FO2/c1-8(2)7-15-12-6-10(13)4-5-11(12)9(3)14/h4-6,8-9,14H,7H2,1-3H3/t9-/m1/s1. The summed E-state index contributed by atoms with van der Waals surface area (Å²) in [5, 5.41) is 9.46. The Morgan fingerprint density at radius 3 is 2.53 bits per heavy atom. The minimum Gasteiger partial charge on any atom is -0.493 e.